The number of aliphatic imine (C=N–C) groups is 1. The average Bonchev–Trinajstić information content (AvgIpc) is 3.48. The third-order valence-corrected chi connectivity index (χ3v) is 7.22. The molecule has 5 rings (SSSR count). The molecule has 2 unspecified atom stereocenters. The Bertz CT molecular complexity index is 1440. The molecular formula is C27H21F3N4O3S. The number of amidine groups is 1. The molecule has 0 saturated heterocycles. The number of hydrogen-bond acceptors (Lipinski definition) is 6. The van der Waals surface area contributed by atoms with Gasteiger partial charge in [-0.15, -0.1) is 0 Å². The molecule has 2 aliphatic heterocycles. The zero-order valence-corrected chi connectivity index (χ0v) is 20.5. The Hall–Kier alpha value is -4.12. The van der Waals surface area contributed by atoms with Crippen LogP contribution in [0.15, 0.2) is 89.0 Å². The molecule has 0 saturated carbocycles. The average molecular weight is 539 g/mol. The van der Waals surface area contributed by atoms with E-state index in [1.54, 1.807) is 29.3 Å². The summed E-state index contributed by atoms with van der Waals surface area (Å²) in [5.41, 5.74) is 1.35. The van der Waals surface area contributed by atoms with E-state index < -0.39 is 34.8 Å². The van der Waals surface area contributed by atoms with Crippen LogP contribution in [0.3, 0.4) is 0 Å². The molecule has 2 aliphatic rings. The number of phenolic OH excluding ortho intramolecular Hbond substituents is 1. The van der Waals surface area contributed by atoms with Crippen LogP contribution in [0.4, 0.5) is 18.9 Å². The summed E-state index contributed by atoms with van der Waals surface area (Å²) in [6.45, 7) is 0. The standard InChI is InChI=1S/C27H21F3N4O3S/c28-27(29,30)17-9-6-10-18(13-17)31-24(36)15-23-25(37)32-26(38-23)34-21(19-11-4-5-12-22(19)35)14-20(33-34)16-7-2-1-3-8-16/h1-13,21,23,35H,14-15H2,(H,31,36). The second kappa shape index (κ2) is 10.3. The fourth-order valence-electron chi connectivity index (χ4n) is 4.26. The Labute approximate surface area is 220 Å². The minimum atomic E-state index is -4.54. The largest absolute Gasteiger partial charge is 0.508 e. The van der Waals surface area contributed by atoms with Gasteiger partial charge in [-0.25, -0.2) is 5.01 Å². The highest BCUT2D eigenvalue weighted by atomic mass is 32.2. The molecule has 0 spiro atoms. The monoisotopic (exact) mass is 538 g/mol. The van der Waals surface area contributed by atoms with Crippen molar-refractivity contribution in [3.63, 3.8) is 0 Å². The number of aromatic hydroxyl groups is 1. The number of halogens is 3. The number of amides is 2. The van der Waals surface area contributed by atoms with Crippen molar-refractivity contribution in [1.29, 1.82) is 0 Å². The molecule has 7 nitrogen and oxygen atoms in total. The minimum Gasteiger partial charge on any atom is -0.508 e. The van der Waals surface area contributed by atoms with Gasteiger partial charge in [0.05, 0.1) is 17.3 Å². The summed E-state index contributed by atoms with van der Waals surface area (Å²) in [4.78, 5) is 29.4. The fourth-order valence-corrected chi connectivity index (χ4v) is 5.32. The third-order valence-electron chi connectivity index (χ3n) is 6.08. The lowest BCUT2D eigenvalue weighted by atomic mass is 9.98. The number of thioether (sulfide) groups is 1. The Morgan fingerprint density at radius 2 is 1.79 bits per heavy atom. The van der Waals surface area contributed by atoms with Crippen LogP contribution in [0.25, 0.3) is 0 Å². The minimum absolute atomic E-state index is 0.0160. The number of anilines is 1. The van der Waals surface area contributed by atoms with Gasteiger partial charge in [-0.2, -0.15) is 23.3 Å². The van der Waals surface area contributed by atoms with Gasteiger partial charge in [0.1, 0.15) is 11.0 Å². The van der Waals surface area contributed by atoms with E-state index in [9.17, 15) is 27.9 Å². The van der Waals surface area contributed by atoms with Crippen LogP contribution in [0, 0.1) is 0 Å². The molecule has 2 heterocycles. The number of rotatable bonds is 5. The Morgan fingerprint density at radius 1 is 1.05 bits per heavy atom. The predicted octanol–water partition coefficient (Wildman–Crippen LogP) is 5.59. The van der Waals surface area contributed by atoms with E-state index in [1.165, 1.54) is 12.1 Å². The number of para-hydroxylation sites is 1. The van der Waals surface area contributed by atoms with E-state index in [0.717, 1.165) is 35.2 Å². The lowest BCUT2D eigenvalue weighted by Crippen LogP contribution is -2.25. The van der Waals surface area contributed by atoms with Crippen LogP contribution in [-0.2, 0) is 15.8 Å². The predicted molar refractivity (Wildman–Crippen MR) is 139 cm³/mol. The highest BCUT2D eigenvalue weighted by Gasteiger charge is 2.40. The number of benzene rings is 3. The second-order valence-electron chi connectivity index (χ2n) is 8.71. The molecule has 3 aromatic carbocycles. The number of alkyl halides is 3. The maximum Gasteiger partial charge on any atom is 0.416 e. The van der Waals surface area contributed by atoms with Gasteiger partial charge in [0.25, 0.3) is 5.91 Å². The Morgan fingerprint density at radius 3 is 2.53 bits per heavy atom. The van der Waals surface area contributed by atoms with Crippen molar-refractivity contribution >= 4 is 40.1 Å². The first-order valence-electron chi connectivity index (χ1n) is 11.7. The SMILES string of the molecule is O=C(CC1SC(N2N=C(c3ccccc3)CC2c2ccccc2O)=NC1=O)Nc1cccc(C(F)(F)F)c1. The van der Waals surface area contributed by atoms with Gasteiger partial charge < -0.3 is 10.4 Å². The number of phenols is 1. The van der Waals surface area contributed by atoms with Crippen LogP contribution in [0.2, 0.25) is 0 Å². The first-order chi connectivity index (χ1) is 18.2. The molecular weight excluding hydrogens is 517 g/mol. The highest BCUT2D eigenvalue weighted by Crippen LogP contribution is 2.41. The Kier molecular flexibility index (Phi) is 6.94. The lowest BCUT2D eigenvalue weighted by molar-refractivity contribution is -0.137. The lowest BCUT2D eigenvalue weighted by Gasteiger charge is -2.23. The maximum absolute atomic E-state index is 13.0. The van der Waals surface area contributed by atoms with Crippen molar-refractivity contribution in [2.75, 3.05) is 5.32 Å². The Balaban J connectivity index is 1.33. The quantitative estimate of drug-likeness (QED) is 0.442. The number of carbonyl (C=O) groups is 2. The van der Waals surface area contributed by atoms with Crippen molar-refractivity contribution < 1.29 is 27.9 Å². The molecule has 11 heteroatoms. The summed E-state index contributed by atoms with van der Waals surface area (Å²) in [6.07, 6.45) is -4.37. The summed E-state index contributed by atoms with van der Waals surface area (Å²) in [5.74, 6) is -1.07. The molecule has 0 aliphatic carbocycles. The number of nitrogens with zero attached hydrogens (tertiary/aromatic N) is 3. The molecule has 2 amide bonds. The highest BCUT2D eigenvalue weighted by molar-refractivity contribution is 8.15. The van der Waals surface area contributed by atoms with Crippen LogP contribution in [-0.4, -0.2) is 38.1 Å². The molecule has 0 fully saturated rings. The normalized spacial score (nSPS) is 19.3. The van der Waals surface area contributed by atoms with Crippen LogP contribution < -0.4 is 5.32 Å². The van der Waals surface area contributed by atoms with Gasteiger partial charge >= 0.3 is 6.18 Å². The van der Waals surface area contributed by atoms with Gasteiger partial charge in [0, 0.05) is 24.1 Å². The first-order valence-corrected chi connectivity index (χ1v) is 12.5. The van der Waals surface area contributed by atoms with E-state index in [-0.39, 0.29) is 23.0 Å². The van der Waals surface area contributed by atoms with Gasteiger partial charge in [-0.05, 0) is 29.8 Å². The molecule has 2 N–H and O–H groups in total. The summed E-state index contributed by atoms with van der Waals surface area (Å²) in [6, 6.07) is 20.2. The summed E-state index contributed by atoms with van der Waals surface area (Å²) < 4.78 is 39.0. The summed E-state index contributed by atoms with van der Waals surface area (Å²) >= 11 is 1.06. The van der Waals surface area contributed by atoms with Gasteiger partial charge in [0.15, 0.2) is 5.17 Å². The fraction of sp³-hybridized carbons (Fsp3) is 0.185. The van der Waals surface area contributed by atoms with E-state index in [0.29, 0.717) is 12.0 Å². The van der Waals surface area contributed by atoms with Gasteiger partial charge in [-0.1, -0.05) is 66.4 Å². The van der Waals surface area contributed by atoms with Crippen molar-refractivity contribution in [1.82, 2.24) is 5.01 Å². The molecule has 0 bridgehead atoms. The first kappa shape index (κ1) is 25.5. The molecule has 2 atom stereocenters. The summed E-state index contributed by atoms with van der Waals surface area (Å²) in [5, 5.41) is 18.7. The van der Waals surface area contributed by atoms with Crippen molar-refractivity contribution in [3.05, 3.63) is 95.6 Å². The van der Waals surface area contributed by atoms with E-state index in [2.05, 4.69) is 10.3 Å². The molecule has 3 aromatic rings. The number of hydrogen-bond donors (Lipinski definition) is 2. The number of nitrogens with one attached hydrogen (secondary N) is 1. The van der Waals surface area contributed by atoms with E-state index in [4.69, 9.17) is 5.10 Å². The van der Waals surface area contributed by atoms with Crippen LogP contribution >= 0.6 is 11.8 Å². The maximum atomic E-state index is 13.0. The van der Waals surface area contributed by atoms with Gasteiger partial charge in [0.2, 0.25) is 5.91 Å². The third kappa shape index (κ3) is 5.42. The van der Waals surface area contributed by atoms with Crippen molar-refractivity contribution in [3.8, 4) is 5.75 Å². The molecule has 194 valence electrons. The zero-order valence-electron chi connectivity index (χ0n) is 19.7. The molecule has 0 aromatic heterocycles. The van der Waals surface area contributed by atoms with Crippen molar-refractivity contribution in [2.45, 2.75) is 30.3 Å². The smallest absolute Gasteiger partial charge is 0.416 e. The molecule has 0 radical (unpaired) electrons. The van der Waals surface area contributed by atoms with E-state index >= 15 is 0 Å². The molecule has 38 heavy (non-hydrogen) atoms. The summed E-state index contributed by atoms with van der Waals surface area (Å²) in [7, 11) is 0. The number of carbonyl (C=O) groups excluding carboxylic acids is 2. The topological polar surface area (TPSA) is 94.4 Å². The van der Waals surface area contributed by atoms with Gasteiger partial charge in [-0.3, -0.25) is 9.59 Å². The zero-order chi connectivity index (χ0) is 26.9. The van der Waals surface area contributed by atoms with Crippen molar-refractivity contribution in [2.24, 2.45) is 10.1 Å². The second-order valence-corrected chi connectivity index (χ2v) is 9.88. The number of hydrazone groups is 1. The van der Waals surface area contributed by atoms with Crippen LogP contribution in [0.1, 0.15) is 35.6 Å². The van der Waals surface area contributed by atoms with E-state index in [1.807, 2.05) is 30.3 Å². The van der Waals surface area contributed by atoms with Crippen LogP contribution in [0.5, 0.6) is 5.75 Å².